The molecule has 1 rings (SSSR count). The lowest BCUT2D eigenvalue weighted by molar-refractivity contribution is -0.117. The van der Waals surface area contributed by atoms with Crippen molar-refractivity contribution in [3.05, 3.63) is 29.8 Å². The second kappa shape index (κ2) is 5.90. The molecular formula is C12H15NO3. The van der Waals surface area contributed by atoms with Crippen LogP contribution in [-0.4, -0.2) is 18.3 Å². The predicted octanol–water partition coefficient (Wildman–Crippen LogP) is 1.53. The van der Waals surface area contributed by atoms with Crippen molar-refractivity contribution in [2.75, 3.05) is 6.61 Å². The minimum absolute atomic E-state index is 0.131. The van der Waals surface area contributed by atoms with Gasteiger partial charge in [-0.2, -0.15) is 0 Å². The third-order valence-corrected chi connectivity index (χ3v) is 2.08. The Kier molecular flexibility index (Phi) is 4.51. The molecule has 0 aliphatic heterocycles. The molecule has 0 aliphatic rings. The molecule has 4 heteroatoms. The van der Waals surface area contributed by atoms with Gasteiger partial charge in [0.2, 0.25) is 0 Å². The van der Waals surface area contributed by atoms with E-state index >= 15 is 0 Å². The SMILES string of the molecule is CC(=O)CCCOc1ccccc1C(N)=O. The van der Waals surface area contributed by atoms with Crippen LogP contribution in [0.15, 0.2) is 24.3 Å². The number of benzene rings is 1. The number of carbonyl (C=O) groups excluding carboxylic acids is 2. The lowest BCUT2D eigenvalue weighted by atomic mass is 10.2. The molecule has 0 spiro atoms. The summed E-state index contributed by atoms with van der Waals surface area (Å²) >= 11 is 0. The summed E-state index contributed by atoms with van der Waals surface area (Å²) in [5.41, 5.74) is 5.56. The van der Waals surface area contributed by atoms with Crippen LogP contribution in [0.1, 0.15) is 30.1 Å². The van der Waals surface area contributed by atoms with E-state index in [9.17, 15) is 9.59 Å². The quantitative estimate of drug-likeness (QED) is 0.740. The highest BCUT2D eigenvalue weighted by Gasteiger charge is 2.07. The second-order valence-electron chi connectivity index (χ2n) is 3.51. The van der Waals surface area contributed by atoms with Crippen LogP contribution in [0.2, 0.25) is 0 Å². The summed E-state index contributed by atoms with van der Waals surface area (Å²) in [5, 5.41) is 0. The Morgan fingerprint density at radius 3 is 2.62 bits per heavy atom. The Balaban J connectivity index is 2.53. The zero-order chi connectivity index (χ0) is 12.0. The van der Waals surface area contributed by atoms with E-state index in [0.29, 0.717) is 30.8 Å². The average Bonchev–Trinajstić information content (AvgIpc) is 2.24. The minimum atomic E-state index is -0.512. The van der Waals surface area contributed by atoms with Crippen molar-refractivity contribution in [2.24, 2.45) is 5.73 Å². The Bertz CT molecular complexity index is 388. The van der Waals surface area contributed by atoms with Crippen LogP contribution < -0.4 is 10.5 Å². The van der Waals surface area contributed by atoms with Crippen molar-refractivity contribution in [3.63, 3.8) is 0 Å². The summed E-state index contributed by atoms with van der Waals surface area (Å²) in [6.45, 7) is 1.95. The number of carbonyl (C=O) groups is 2. The lowest BCUT2D eigenvalue weighted by Gasteiger charge is -2.08. The van der Waals surface area contributed by atoms with E-state index in [-0.39, 0.29) is 5.78 Å². The molecular weight excluding hydrogens is 206 g/mol. The first kappa shape index (κ1) is 12.2. The molecule has 0 aliphatic carbocycles. The molecule has 1 amide bonds. The zero-order valence-electron chi connectivity index (χ0n) is 9.23. The smallest absolute Gasteiger partial charge is 0.252 e. The van der Waals surface area contributed by atoms with Crippen molar-refractivity contribution in [1.82, 2.24) is 0 Å². The van der Waals surface area contributed by atoms with Gasteiger partial charge in [-0.1, -0.05) is 12.1 Å². The van der Waals surface area contributed by atoms with Crippen LogP contribution in [0.4, 0.5) is 0 Å². The summed E-state index contributed by atoms with van der Waals surface area (Å²) in [4.78, 5) is 21.8. The van der Waals surface area contributed by atoms with Gasteiger partial charge in [0.1, 0.15) is 11.5 Å². The maximum Gasteiger partial charge on any atom is 0.252 e. The third kappa shape index (κ3) is 3.73. The fourth-order valence-electron chi connectivity index (χ4n) is 1.30. The van der Waals surface area contributed by atoms with Gasteiger partial charge in [0.25, 0.3) is 5.91 Å². The van der Waals surface area contributed by atoms with Gasteiger partial charge in [0.05, 0.1) is 12.2 Å². The van der Waals surface area contributed by atoms with Crippen LogP contribution in [0.25, 0.3) is 0 Å². The lowest BCUT2D eigenvalue weighted by Crippen LogP contribution is -2.13. The van der Waals surface area contributed by atoms with Gasteiger partial charge in [-0.3, -0.25) is 4.79 Å². The Labute approximate surface area is 94.4 Å². The van der Waals surface area contributed by atoms with E-state index in [1.807, 2.05) is 0 Å². The fourth-order valence-corrected chi connectivity index (χ4v) is 1.30. The van der Waals surface area contributed by atoms with Gasteiger partial charge in [0.15, 0.2) is 0 Å². The maximum atomic E-state index is 11.1. The normalized spacial score (nSPS) is 9.81. The average molecular weight is 221 g/mol. The molecule has 1 aromatic carbocycles. The number of hydrogen-bond acceptors (Lipinski definition) is 3. The maximum absolute atomic E-state index is 11.1. The Morgan fingerprint density at radius 2 is 2.00 bits per heavy atom. The van der Waals surface area contributed by atoms with Crippen LogP contribution in [0, 0.1) is 0 Å². The molecule has 86 valence electrons. The van der Waals surface area contributed by atoms with Gasteiger partial charge in [-0.25, -0.2) is 0 Å². The fraction of sp³-hybridized carbons (Fsp3) is 0.333. The summed E-state index contributed by atoms with van der Waals surface area (Å²) in [6.07, 6.45) is 1.13. The van der Waals surface area contributed by atoms with Crippen LogP contribution >= 0.6 is 0 Å². The number of nitrogens with two attached hydrogens (primary N) is 1. The predicted molar refractivity (Wildman–Crippen MR) is 60.4 cm³/mol. The highest BCUT2D eigenvalue weighted by atomic mass is 16.5. The van der Waals surface area contributed by atoms with E-state index in [2.05, 4.69) is 0 Å². The van der Waals surface area contributed by atoms with Gasteiger partial charge >= 0.3 is 0 Å². The third-order valence-electron chi connectivity index (χ3n) is 2.08. The topological polar surface area (TPSA) is 69.4 Å². The first-order valence-corrected chi connectivity index (χ1v) is 5.12. The van der Waals surface area contributed by atoms with E-state index < -0.39 is 5.91 Å². The first-order valence-electron chi connectivity index (χ1n) is 5.12. The van der Waals surface area contributed by atoms with Crippen LogP contribution in [-0.2, 0) is 4.79 Å². The molecule has 0 bridgehead atoms. The number of para-hydroxylation sites is 1. The van der Waals surface area contributed by atoms with Crippen molar-refractivity contribution in [2.45, 2.75) is 19.8 Å². The number of rotatable bonds is 6. The molecule has 0 aromatic heterocycles. The molecule has 0 heterocycles. The van der Waals surface area contributed by atoms with Gasteiger partial charge in [-0.15, -0.1) is 0 Å². The molecule has 0 radical (unpaired) electrons. The summed E-state index contributed by atoms with van der Waals surface area (Å²) in [5.74, 6) is 0.0903. The molecule has 0 fully saturated rings. The highest BCUT2D eigenvalue weighted by molar-refractivity contribution is 5.95. The largest absolute Gasteiger partial charge is 0.493 e. The number of Topliss-reactive ketones (excluding diaryl/α,β-unsaturated/α-hetero) is 1. The number of amides is 1. The van der Waals surface area contributed by atoms with E-state index in [0.717, 1.165) is 0 Å². The Hall–Kier alpha value is -1.84. The molecule has 4 nitrogen and oxygen atoms in total. The number of ether oxygens (including phenoxy) is 1. The standard InChI is InChI=1S/C12H15NO3/c1-9(14)5-4-8-16-11-7-3-2-6-10(11)12(13)15/h2-3,6-7H,4-5,8H2,1H3,(H2,13,15). The van der Waals surface area contributed by atoms with Crippen molar-refractivity contribution >= 4 is 11.7 Å². The van der Waals surface area contributed by atoms with Crippen molar-refractivity contribution < 1.29 is 14.3 Å². The first-order chi connectivity index (χ1) is 7.61. The van der Waals surface area contributed by atoms with Crippen molar-refractivity contribution in [3.8, 4) is 5.75 Å². The van der Waals surface area contributed by atoms with Crippen LogP contribution in [0.5, 0.6) is 5.75 Å². The molecule has 1 aromatic rings. The van der Waals surface area contributed by atoms with Gasteiger partial charge in [-0.05, 0) is 25.5 Å². The summed E-state index contributed by atoms with van der Waals surface area (Å²) in [6, 6.07) is 6.80. The van der Waals surface area contributed by atoms with E-state index in [1.165, 1.54) is 6.92 Å². The number of primary amides is 1. The molecule has 2 N–H and O–H groups in total. The van der Waals surface area contributed by atoms with Crippen LogP contribution in [0.3, 0.4) is 0 Å². The summed E-state index contributed by atoms with van der Waals surface area (Å²) < 4.78 is 5.40. The molecule has 0 saturated heterocycles. The minimum Gasteiger partial charge on any atom is -0.493 e. The molecule has 0 saturated carbocycles. The summed E-state index contributed by atoms with van der Waals surface area (Å²) in [7, 11) is 0. The molecule has 0 atom stereocenters. The monoisotopic (exact) mass is 221 g/mol. The van der Waals surface area contributed by atoms with E-state index in [1.54, 1.807) is 24.3 Å². The molecule has 16 heavy (non-hydrogen) atoms. The van der Waals surface area contributed by atoms with Crippen molar-refractivity contribution in [1.29, 1.82) is 0 Å². The zero-order valence-corrected chi connectivity index (χ0v) is 9.23. The second-order valence-corrected chi connectivity index (χ2v) is 3.51. The number of ketones is 1. The number of hydrogen-bond donors (Lipinski definition) is 1. The Morgan fingerprint density at radius 1 is 1.31 bits per heavy atom. The molecule has 0 unspecified atom stereocenters. The van der Waals surface area contributed by atoms with Gasteiger partial charge < -0.3 is 15.3 Å². The van der Waals surface area contributed by atoms with Gasteiger partial charge in [0, 0.05) is 6.42 Å². The van der Waals surface area contributed by atoms with E-state index in [4.69, 9.17) is 10.5 Å². The highest BCUT2D eigenvalue weighted by Crippen LogP contribution is 2.17.